The summed E-state index contributed by atoms with van der Waals surface area (Å²) in [5, 5.41) is 1.19. The van der Waals surface area contributed by atoms with Crippen LogP contribution in [0.3, 0.4) is 0 Å². The van der Waals surface area contributed by atoms with Crippen LogP contribution >= 0.6 is 0 Å². The van der Waals surface area contributed by atoms with E-state index < -0.39 is 0 Å². The summed E-state index contributed by atoms with van der Waals surface area (Å²) in [5.74, 6) is 0.571. The zero-order valence-corrected chi connectivity index (χ0v) is 16.8. The second-order valence-electron chi connectivity index (χ2n) is 8.43. The van der Waals surface area contributed by atoms with Gasteiger partial charge in [0.25, 0.3) is 0 Å². The highest BCUT2D eigenvalue weighted by Gasteiger charge is 2.48. The molecular formula is C23H25FN4O. The van der Waals surface area contributed by atoms with Crippen molar-refractivity contribution in [2.24, 2.45) is 18.9 Å². The maximum atomic E-state index is 13.9. The number of amides is 1. The van der Waals surface area contributed by atoms with Crippen LogP contribution in [0.25, 0.3) is 11.0 Å². The second-order valence-corrected chi connectivity index (χ2v) is 8.43. The van der Waals surface area contributed by atoms with Gasteiger partial charge in [-0.05, 0) is 41.3 Å². The number of nitrogens with zero attached hydrogens (tertiary/aromatic N) is 4. The van der Waals surface area contributed by atoms with E-state index in [0.717, 1.165) is 37.4 Å². The number of aromatic nitrogens is 2. The molecule has 0 bridgehead atoms. The molecule has 3 atom stereocenters. The first kappa shape index (κ1) is 18.3. The quantitative estimate of drug-likeness (QED) is 0.686. The Morgan fingerprint density at radius 3 is 2.86 bits per heavy atom. The molecule has 2 aliphatic rings. The SMILES string of the molecule is CC(=O)N1C[C@H]2CN(Cc3cn(C)c4ncccc34)C[C@H]2[C@H]1c1cccc(F)c1. The van der Waals surface area contributed by atoms with Crippen LogP contribution in [-0.4, -0.2) is 44.9 Å². The second kappa shape index (κ2) is 6.95. The third-order valence-corrected chi connectivity index (χ3v) is 6.54. The van der Waals surface area contributed by atoms with Gasteiger partial charge >= 0.3 is 0 Å². The molecule has 0 spiro atoms. The minimum atomic E-state index is -0.243. The molecule has 2 fully saturated rings. The van der Waals surface area contributed by atoms with E-state index in [1.54, 1.807) is 19.1 Å². The van der Waals surface area contributed by atoms with Crippen LogP contribution in [0.4, 0.5) is 4.39 Å². The average Bonchev–Trinajstić information content (AvgIpc) is 3.33. The number of pyridine rings is 1. The molecule has 0 unspecified atom stereocenters. The summed E-state index contributed by atoms with van der Waals surface area (Å²) in [5.41, 5.74) is 3.19. The van der Waals surface area contributed by atoms with E-state index in [4.69, 9.17) is 0 Å². The van der Waals surface area contributed by atoms with E-state index in [9.17, 15) is 9.18 Å². The third-order valence-electron chi connectivity index (χ3n) is 6.54. The maximum Gasteiger partial charge on any atom is 0.219 e. The Morgan fingerprint density at radius 2 is 2.07 bits per heavy atom. The summed E-state index contributed by atoms with van der Waals surface area (Å²) >= 11 is 0. The monoisotopic (exact) mass is 392 g/mol. The van der Waals surface area contributed by atoms with Crippen LogP contribution in [0.15, 0.2) is 48.8 Å². The molecule has 0 saturated carbocycles. The first-order chi connectivity index (χ1) is 14.0. The molecule has 0 aliphatic carbocycles. The molecule has 2 saturated heterocycles. The number of aryl methyl sites for hydroxylation is 1. The van der Waals surface area contributed by atoms with E-state index in [1.165, 1.54) is 17.0 Å². The van der Waals surface area contributed by atoms with Crippen LogP contribution in [0.1, 0.15) is 24.1 Å². The van der Waals surface area contributed by atoms with Gasteiger partial charge in [-0.15, -0.1) is 0 Å². The largest absolute Gasteiger partial charge is 0.335 e. The van der Waals surface area contributed by atoms with Crippen molar-refractivity contribution in [3.63, 3.8) is 0 Å². The minimum Gasteiger partial charge on any atom is -0.335 e. The van der Waals surface area contributed by atoms with Gasteiger partial charge in [0.2, 0.25) is 5.91 Å². The zero-order valence-electron chi connectivity index (χ0n) is 16.8. The van der Waals surface area contributed by atoms with Crippen LogP contribution < -0.4 is 0 Å². The molecule has 0 N–H and O–H groups in total. The van der Waals surface area contributed by atoms with Crippen molar-refractivity contribution in [3.8, 4) is 0 Å². The molecule has 5 rings (SSSR count). The average molecular weight is 392 g/mol. The summed E-state index contributed by atoms with van der Waals surface area (Å²) in [6, 6.07) is 10.8. The number of halogens is 1. The van der Waals surface area contributed by atoms with Gasteiger partial charge in [0, 0.05) is 63.8 Å². The van der Waals surface area contributed by atoms with Gasteiger partial charge in [-0.1, -0.05) is 12.1 Å². The Labute approximate surface area is 169 Å². The lowest BCUT2D eigenvalue weighted by molar-refractivity contribution is -0.130. The van der Waals surface area contributed by atoms with Gasteiger partial charge in [-0.2, -0.15) is 0 Å². The van der Waals surface area contributed by atoms with E-state index in [1.807, 2.05) is 30.3 Å². The van der Waals surface area contributed by atoms with Crippen molar-refractivity contribution in [2.75, 3.05) is 19.6 Å². The van der Waals surface area contributed by atoms with Gasteiger partial charge in [0.15, 0.2) is 0 Å². The minimum absolute atomic E-state index is 0.0487. The number of fused-ring (bicyclic) bond motifs is 2. The Bertz CT molecular complexity index is 1080. The van der Waals surface area contributed by atoms with Crippen molar-refractivity contribution < 1.29 is 9.18 Å². The molecular weight excluding hydrogens is 367 g/mol. The van der Waals surface area contributed by atoms with Crippen molar-refractivity contribution in [3.05, 3.63) is 65.7 Å². The lowest BCUT2D eigenvalue weighted by Crippen LogP contribution is -2.34. The van der Waals surface area contributed by atoms with Crippen molar-refractivity contribution >= 4 is 16.9 Å². The molecule has 150 valence electrons. The molecule has 2 aromatic heterocycles. The lowest BCUT2D eigenvalue weighted by Gasteiger charge is -2.29. The topological polar surface area (TPSA) is 41.4 Å². The van der Waals surface area contributed by atoms with E-state index >= 15 is 0 Å². The van der Waals surface area contributed by atoms with Crippen LogP contribution in [-0.2, 0) is 18.4 Å². The van der Waals surface area contributed by atoms with Crippen LogP contribution in [0.5, 0.6) is 0 Å². The molecule has 1 aromatic carbocycles. The van der Waals surface area contributed by atoms with Crippen LogP contribution in [0.2, 0.25) is 0 Å². The van der Waals surface area contributed by atoms with Gasteiger partial charge in [0.05, 0.1) is 6.04 Å². The fourth-order valence-corrected chi connectivity index (χ4v) is 5.37. The highest BCUT2D eigenvalue weighted by atomic mass is 19.1. The van der Waals surface area contributed by atoms with Crippen LogP contribution in [0, 0.1) is 17.7 Å². The Balaban J connectivity index is 1.41. The smallest absolute Gasteiger partial charge is 0.219 e. The van der Waals surface area contributed by atoms with Gasteiger partial charge in [-0.3, -0.25) is 9.69 Å². The number of carbonyl (C=O) groups is 1. The zero-order chi connectivity index (χ0) is 20.1. The number of carbonyl (C=O) groups excluding carboxylic acids is 1. The maximum absolute atomic E-state index is 13.9. The summed E-state index contributed by atoms with van der Waals surface area (Å²) in [4.78, 5) is 21.2. The number of likely N-dealkylation sites (tertiary alicyclic amines) is 2. The Kier molecular flexibility index (Phi) is 4.39. The normalized spacial score (nSPS) is 24.4. The number of hydrogen-bond acceptors (Lipinski definition) is 3. The fraction of sp³-hybridized carbons (Fsp3) is 0.391. The van der Waals surface area contributed by atoms with Crippen molar-refractivity contribution in [1.82, 2.24) is 19.4 Å². The first-order valence-electron chi connectivity index (χ1n) is 10.1. The molecule has 4 heterocycles. The lowest BCUT2D eigenvalue weighted by atomic mass is 9.89. The van der Waals surface area contributed by atoms with Crippen molar-refractivity contribution in [1.29, 1.82) is 0 Å². The Hall–Kier alpha value is -2.73. The van der Waals surface area contributed by atoms with E-state index in [-0.39, 0.29) is 17.8 Å². The predicted molar refractivity (Wildman–Crippen MR) is 109 cm³/mol. The predicted octanol–water partition coefficient (Wildman–Crippen LogP) is 3.36. The highest BCUT2D eigenvalue weighted by molar-refractivity contribution is 5.80. The molecule has 0 radical (unpaired) electrons. The standard InChI is InChI=1S/C23H25FN4O/c1-15(29)28-13-18-12-27(11-17-10-26(2)23-20(17)7-4-8-25-23)14-21(18)22(28)16-5-3-6-19(24)9-16/h3-10,18,21-22H,11-14H2,1-2H3/t18-,21-,22-/m1/s1. The molecule has 1 amide bonds. The van der Waals surface area contributed by atoms with Gasteiger partial charge < -0.3 is 9.47 Å². The highest BCUT2D eigenvalue weighted by Crippen LogP contribution is 2.45. The Morgan fingerprint density at radius 1 is 1.21 bits per heavy atom. The summed E-state index contributed by atoms with van der Waals surface area (Å²) in [6.45, 7) is 5.10. The van der Waals surface area contributed by atoms with E-state index in [0.29, 0.717) is 11.8 Å². The number of benzene rings is 1. The van der Waals surface area contributed by atoms with Gasteiger partial charge in [0.1, 0.15) is 11.5 Å². The summed E-state index contributed by atoms with van der Waals surface area (Å²) in [6.07, 6.45) is 3.99. The molecule has 5 nitrogen and oxygen atoms in total. The number of hydrogen-bond donors (Lipinski definition) is 0. The van der Waals surface area contributed by atoms with Crippen molar-refractivity contribution in [2.45, 2.75) is 19.5 Å². The summed E-state index contributed by atoms with van der Waals surface area (Å²) < 4.78 is 16.0. The number of rotatable bonds is 3. The summed E-state index contributed by atoms with van der Waals surface area (Å²) in [7, 11) is 2.03. The molecule has 3 aromatic rings. The third kappa shape index (κ3) is 3.12. The van der Waals surface area contributed by atoms with Gasteiger partial charge in [-0.25, -0.2) is 9.37 Å². The van der Waals surface area contributed by atoms with E-state index in [2.05, 4.69) is 26.7 Å². The first-order valence-corrected chi connectivity index (χ1v) is 10.1. The molecule has 6 heteroatoms. The molecule has 2 aliphatic heterocycles. The molecule has 29 heavy (non-hydrogen) atoms. The fourth-order valence-electron chi connectivity index (χ4n) is 5.37.